The summed E-state index contributed by atoms with van der Waals surface area (Å²) in [5, 5.41) is 24.2. The molecule has 0 radical (unpaired) electrons. The van der Waals surface area contributed by atoms with Crippen LogP contribution in [0.25, 0.3) is 0 Å². The molecule has 0 saturated heterocycles. The van der Waals surface area contributed by atoms with Gasteiger partial charge in [0.2, 0.25) is 5.95 Å². The number of anilines is 3. The number of amides is 1. The first-order valence-corrected chi connectivity index (χ1v) is 9.91. The van der Waals surface area contributed by atoms with Crippen molar-refractivity contribution in [2.75, 3.05) is 36.5 Å². The van der Waals surface area contributed by atoms with Crippen LogP contribution in [0, 0.1) is 0 Å². The molecule has 13 nitrogen and oxygen atoms in total. The number of aromatic nitrogens is 2. The number of hydrogen-bond acceptors (Lipinski definition) is 9. The van der Waals surface area contributed by atoms with Crippen LogP contribution in [0.3, 0.4) is 0 Å². The van der Waals surface area contributed by atoms with Gasteiger partial charge in [-0.05, 0) is 30.7 Å². The van der Waals surface area contributed by atoms with Gasteiger partial charge in [-0.25, -0.2) is 9.79 Å². The van der Waals surface area contributed by atoms with Crippen molar-refractivity contribution in [1.82, 2.24) is 14.9 Å². The van der Waals surface area contributed by atoms with Gasteiger partial charge in [0, 0.05) is 24.7 Å². The van der Waals surface area contributed by atoms with E-state index in [1.807, 2.05) is 0 Å². The third-order valence-electron chi connectivity index (χ3n) is 4.98. The minimum Gasteiger partial charge on any atom is -0.481 e. The second-order valence-electron chi connectivity index (χ2n) is 7.31. The van der Waals surface area contributed by atoms with Crippen LogP contribution < -0.4 is 21.9 Å². The minimum absolute atomic E-state index is 0.000122. The van der Waals surface area contributed by atoms with Gasteiger partial charge in [0.05, 0.1) is 18.8 Å². The van der Waals surface area contributed by atoms with Crippen molar-refractivity contribution in [1.29, 1.82) is 0 Å². The molecule has 0 saturated carbocycles. The molecule has 0 aliphatic carbocycles. The summed E-state index contributed by atoms with van der Waals surface area (Å²) in [5.41, 5.74) is 6.80. The summed E-state index contributed by atoms with van der Waals surface area (Å²) in [6, 6.07) is 5.11. The molecule has 1 amide bonds. The lowest BCUT2D eigenvalue weighted by Gasteiger charge is -2.24. The zero-order valence-electron chi connectivity index (χ0n) is 17.7. The van der Waals surface area contributed by atoms with Crippen LogP contribution >= 0.6 is 0 Å². The van der Waals surface area contributed by atoms with E-state index in [0.717, 1.165) is 4.90 Å². The molecular formula is C20H23N7O6. The molecule has 0 spiro atoms. The highest BCUT2D eigenvalue weighted by molar-refractivity contribution is 5.98. The van der Waals surface area contributed by atoms with Crippen LogP contribution in [0.4, 0.5) is 23.1 Å². The largest absolute Gasteiger partial charge is 0.481 e. The smallest absolute Gasteiger partial charge is 0.326 e. The van der Waals surface area contributed by atoms with E-state index in [4.69, 9.17) is 10.8 Å². The summed E-state index contributed by atoms with van der Waals surface area (Å²) in [4.78, 5) is 58.5. The van der Waals surface area contributed by atoms with Gasteiger partial charge < -0.3 is 31.5 Å². The highest BCUT2D eigenvalue weighted by atomic mass is 16.4. The molecule has 0 fully saturated rings. The van der Waals surface area contributed by atoms with Gasteiger partial charge >= 0.3 is 11.9 Å². The summed E-state index contributed by atoms with van der Waals surface area (Å²) in [7, 11) is 1.32. The highest BCUT2D eigenvalue weighted by Crippen LogP contribution is 2.21. The van der Waals surface area contributed by atoms with E-state index < -0.39 is 29.4 Å². The molecule has 1 atom stereocenters. The zero-order chi connectivity index (χ0) is 24.1. The fraction of sp³-hybridized carbons (Fsp3) is 0.300. The molecule has 1 aliphatic heterocycles. The maximum absolute atomic E-state index is 12.6. The number of carbonyl (C=O) groups excluding carboxylic acids is 1. The Kier molecular flexibility index (Phi) is 6.91. The minimum atomic E-state index is -1.27. The second kappa shape index (κ2) is 9.80. The number of carbonyl (C=O) groups is 3. The first kappa shape index (κ1) is 23.2. The third-order valence-corrected chi connectivity index (χ3v) is 4.98. The number of carboxylic acids is 2. The Balaban J connectivity index is 1.63. The normalized spacial score (nSPS) is 13.2. The summed E-state index contributed by atoms with van der Waals surface area (Å²) < 4.78 is 0. The van der Waals surface area contributed by atoms with Gasteiger partial charge in [0.1, 0.15) is 6.04 Å². The number of likely N-dealkylation sites (N-methyl/N-ethyl adjacent to an activating group) is 1. The van der Waals surface area contributed by atoms with Gasteiger partial charge in [0.25, 0.3) is 11.5 Å². The van der Waals surface area contributed by atoms with E-state index in [1.54, 1.807) is 12.1 Å². The molecule has 2 heterocycles. The molecule has 3 rings (SSSR count). The van der Waals surface area contributed by atoms with Gasteiger partial charge in [-0.15, -0.1) is 0 Å². The molecule has 0 bridgehead atoms. The van der Waals surface area contributed by atoms with Crippen molar-refractivity contribution in [3.63, 3.8) is 0 Å². The Hall–Kier alpha value is -4.42. The van der Waals surface area contributed by atoms with Crippen molar-refractivity contribution in [3.8, 4) is 0 Å². The Morgan fingerprint density at radius 2 is 1.94 bits per heavy atom. The van der Waals surface area contributed by atoms with E-state index in [2.05, 4.69) is 25.6 Å². The van der Waals surface area contributed by atoms with Gasteiger partial charge in [-0.2, -0.15) is 4.98 Å². The van der Waals surface area contributed by atoms with Crippen molar-refractivity contribution >= 4 is 46.7 Å². The predicted octanol–water partition coefficient (Wildman–Crippen LogP) is 0.352. The zero-order valence-corrected chi connectivity index (χ0v) is 17.7. The molecule has 33 heavy (non-hydrogen) atoms. The Bertz CT molecular complexity index is 1160. The van der Waals surface area contributed by atoms with E-state index in [0.29, 0.717) is 30.3 Å². The van der Waals surface area contributed by atoms with Crippen molar-refractivity contribution < 1.29 is 24.6 Å². The molecule has 2 aromatic rings. The molecule has 13 heteroatoms. The lowest BCUT2D eigenvalue weighted by Crippen LogP contribution is -2.42. The number of nitrogens with zero attached hydrogens (tertiary/aromatic N) is 3. The van der Waals surface area contributed by atoms with Gasteiger partial charge in [-0.3, -0.25) is 19.4 Å². The van der Waals surface area contributed by atoms with Crippen molar-refractivity contribution in [3.05, 3.63) is 40.2 Å². The number of nitrogens with two attached hydrogens (primary N) is 1. The number of benzene rings is 1. The van der Waals surface area contributed by atoms with Crippen LogP contribution in [0.2, 0.25) is 0 Å². The lowest BCUT2D eigenvalue weighted by molar-refractivity contribution is -0.143. The van der Waals surface area contributed by atoms with Gasteiger partial charge in [0.15, 0.2) is 11.5 Å². The SMILES string of the molecule is CN(C(=O)c1ccc(NCC2=Nc3c(nc(N)[nH]c3=O)NC2)cc1)[C@@H](CCC(=O)O)C(=O)O. The quantitative estimate of drug-likeness (QED) is 0.305. The summed E-state index contributed by atoms with van der Waals surface area (Å²) in [6.45, 7) is 0.684. The third kappa shape index (κ3) is 5.64. The number of aliphatic imine (C=N–C) groups is 1. The average Bonchev–Trinajstić information content (AvgIpc) is 2.77. The Morgan fingerprint density at radius 1 is 1.24 bits per heavy atom. The average molecular weight is 457 g/mol. The van der Waals surface area contributed by atoms with Crippen LogP contribution in [0.5, 0.6) is 0 Å². The maximum atomic E-state index is 12.6. The first-order chi connectivity index (χ1) is 15.7. The molecule has 7 N–H and O–H groups in total. The number of nitrogen functional groups attached to an aromatic ring is 1. The van der Waals surface area contributed by atoms with Gasteiger partial charge in [-0.1, -0.05) is 0 Å². The van der Waals surface area contributed by atoms with E-state index >= 15 is 0 Å². The van der Waals surface area contributed by atoms with Crippen LogP contribution in [-0.4, -0.2) is 74.8 Å². The molecule has 0 unspecified atom stereocenters. The van der Waals surface area contributed by atoms with Crippen LogP contribution in [0.15, 0.2) is 34.1 Å². The number of hydrogen-bond donors (Lipinski definition) is 6. The topological polar surface area (TPSA) is 203 Å². The number of fused-ring (bicyclic) bond motifs is 1. The number of aliphatic carboxylic acids is 2. The summed E-state index contributed by atoms with van der Waals surface area (Å²) in [5.74, 6) is -2.63. The fourth-order valence-corrected chi connectivity index (χ4v) is 3.22. The molecule has 1 aromatic heterocycles. The van der Waals surface area contributed by atoms with Crippen LogP contribution in [-0.2, 0) is 9.59 Å². The number of nitrogens with one attached hydrogen (secondary N) is 3. The Morgan fingerprint density at radius 3 is 2.58 bits per heavy atom. The number of carboxylic acid groups (broad SMARTS) is 2. The van der Waals surface area contributed by atoms with Crippen LogP contribution in [0.1, 0.15) is 23.2 Å². The predicted molar refractivity (Wildman–Crippen MR) is 120 cm³/mol. The highest BCUT2D eigenvalue weighted by Gasteiger charge is 2.27. The number of rotatable bonds is 9. The molecule has 1 aromatic carbocycles. The first-order valence-electron chi connectivity index (χ1n) is 9.91. The number of aromatic amines is 1. The van der Waals surface area contributed by atoms with E-state index in [9.17, 15) is 24.3 Å². The number of H-pyrrole nitrogens is 1. The molecule has 174 valence electrons. The Labute approximate surface area is 187 Å². The fourth-order valence-electron chi connectivity index (χ4n) is 3.22. The standard InChI is InChI=1S/C20H23N7O6/c1-27(13(19(32)33)6-7-14(28)29)18(31)10-2-4-11(5-3-10)22-8-12-9-23-16-15(24-12)17(30)26-20(21)25-16/h2-5,13,22H,6-9H2,1H3,(H,28,29)(H,32,33)(H4,21,23,25,26,30)/t13-/m0/s1. The summed E-state index contributed by atoms with van der Waals surface area (Å²) >= 11 is 0. The lowest BCUT2D eigenvalue weighted by atomic mass is 10.1. The van der Waals surface area contributed by atoms with Crippen molar-refractivity contribution in [2.24, 2.45) is 4.99 Å². The molecular weight excluding hydrogens is 434 g/mol. The summed E-state index contributed by atoms with van der Waals surface area (Å²) in [6.07, 6.45) is -0.563. The second-order valence-corrected chi connectivity index (χ2v) is 7.31. The van der Waals surface area contributed by atoms with E-state index in [1.165, 1.54) is 19.2 Å². The monoisotopic (exact) mass is 457 g/mol. The van der Waals surface area contributed by atoms with Crippen molar-refractivity contribution in [2.45, 2.75) is 18.9 Å². The molecule has 1 aliphatic rings. The van der Waals surface area contributed by atoms with E-state index in [-0.39, 0.29) is 30.0 Å². The maximum Gasteiger partial charge on any atom is 0.326 e.